The van der Waals surface area contributed by atoms with Crippen LogP contribution in [0, 0.1) is 5.41 Å². The predicted octanol–water partition coefficient (Wildman–Crippen LogP) is 4.88. The molecule has 1 saturated heterocycles. The van der Waals surface area contributed by atoms with Crippen molar-refractivity contribution in [2.24, 2.45) is 5.41 Å². The molecule has 0 N–H and O–H groups in total. The number of benzene rings is 2. The summed E-state index contributed by atoms with van der Waals surface area (Å²) >= 11 is 0. The summed E-state index contributed by atoms with van der Waals surface area (Å²) < 4.78 is 6.09. The van der Waals surface area contributed by atoms with Gasteiger partial charge in [-0.1, -0.05) is 55.0 Å². The normalized spacial score (nSPS) is 21.2. The van der Waals surface area contributed by atoms with Gasteiger partial charge in [-0.25, -0.2) is 0 Å². The first-order chi connectivity index (χ1) is 16.5. The molecule has 0 unspecified atom stereocenters. The highest BCUT2D eigenvalue weighted by Crippen LogP contribution is 2.38. The van der Waals surface area contributed by atoms with Crippen molar-refractivity contribution < 1.29 is 14.3 Å². The van der Waals surface area contributed by atoms with Gasteiger partial charge in [0.1, 0.15) is 5.75 Å². The molecule has 4 rings (SSSR count). The van der Waals surface area contributed by atoms with E-state index in [-0.39, 0.29) is 17.2 Å². The highest BCUT2D eigenvalue weighted by Gasteiger charge is 2.38. The molecular weight excluding hydrogens is 424 g/mol. The number of likely N-dealkylation sites (N-methyl/N-ethyl adjacent to an activating group) is 1. The van der Waals surface area contributed by atoms with Gasteiger partial charge in [-0.3, -0.25) is 9.59 Å². The molecule has 5 heteroatoms. The number of para-hydroxylation sites is 1. The summed E-state index contributed by atoms with van der Waals surface area (Å²) in [7, 11) is 1.90. The highest BCUT2D eigenvalue weighted by atomic mass is 16.5. The smallest absolute Gasteiger partial charge is 0.263 e. The van der Waals surface area contributed by atoms with Crippen LogP contribution in [0.25, 0.3) is 0 Å². The van der Waals surface area contributed by atoms with Crippen molar-refractivity contribution in [3.05, 3.63) is 65.7 Å². The van der Waals surface area contributed by atoms with Crippen LogP contribution in [0.2, 0.25) is 0 Å². The van der Waals surface area contributed by atoms with Gasteiger partial charge >= 0.3 is 0 Å². The molecule has 0 aromatic heterocycles. The van der Waals surface area contributed by atoms with Crippen molar-refractivity contribution in [1.29, 1.82) is 0 Å². The molecule has 2 aromatic carbocycles. The number of hydrogen-bond donors (Lipinski definition) is 0. The molecule has 34 heavy (non-hydrogen) atoms. The highest BCUT2D eigenvalue weighted by molar-refractivity contribution is 5.80. The average molecular weight is 463 g/mol. The molecule has 1 spiro atoms. The molecule has 2 aromatic rings. The molecule has 0 saturated carbocycles. The number of carbonyl (C=O) groups excluding carboxylic acids is 2. The van der Waals surface area contributed by atoms with Crippen LogP contribution in [0.3, 0.4) is 0 Å². The van der Waals surface area contributed by atoms with E-state index in [9.17, 15) is 9.59 Å². The van der Waals surface area contributed by atoms with Gasteiger partial charge in [0.2, 0.25) is 5.91 Å². The fourth-order valence-corrected chi connectivity index (χ4v) is 5.54. The lowest BCUT2D eigenvalue weighted by molar-refractivity contribution is -0.140. The number of nitrogens with zero attached hydrogens (tertiary/aromatic N) is 2. The van der Waals surface area contributed by atoms with Gasteiger partial charge in [0.15, 0.2) is 6.10 Å². The van der Waals surface area contributed by atoms with Crippen LogP contribution in [0.15, 0.2) is 54.6 Å². The number of aryl methyl sites for hydroxylation is 2. The van der Waals surface area contributed by atoms with Crippen LogP contribution in [-0.2, 0) is 22.4 Å². The average Bonchev–Trinajstić information content (AvgIpc) is 2.86. The Balaban J connectivity index is 1.39. The van der Waals surface area contributed by atoms with Gasteiger partial charge in [0.25, 0.3) is 5.91 Å². The third-order valence-electron chi connectivity index (χ3n) is 7.62. The van der Waals surface area contributed by atoms with Crippen molar-refractivity contribution in [1.82, 2.24) is 9.80 Å². The molecule has 5 nitrogen and oxygen atoms in total. The second-order valence-corrected chi connectivity index (χ2v) is 10.1. The number of amides is 2. The topological polar surface area (TPSA) is 49.9 Å². The second-order valence-electron chi connectivity index (χ2n) is 10.1. The summed E-state index contributed by atoms with van der Waals surface area (Å²) in [6, 6.07) is 18.3. The Labute approximate surface area is 204 Å². The Morgan fingerprint density at radius 1 is 1.00 bits per heavy atom. The molecule has 0 aliphatic carbocycles. The maximum absolute atomic E-state index is 13.1. The number of fused-ring (bicyclic) bond motifs is 1. The lowest BCUT2D eigenvalue weighted by atomic mass is 9.73. The number of likely N-dealkylation sites (tertiary alicyclic amines) is 1. The summed E-state index contributed by atoms with van der Waals surface area (Å²) in [5.41, 5.74) is 2.46. The SMILES string of the molecule is C[C@H]1Oc2ccccc2CCCCC2(CCN(C(=O)CCc3ccccc3)CC2)CN(C)C1=O. The maximum atomic E-state index is 13.1. The summed E-state index contributed by atoms with van der Waals surface area (Å²) in [5.74, 6) is 1.10. The minimum Gasteiger partial charge on any atom is -0.481 e. The van der Waals surface area contributed by atoms with E-state index in [1.165, 1.54) is 11.1 Å². The standard InChI is InChI=1S/C29H38N2O3/c1-23-28(33)30(2)22-29(17-9-8-13-25-12-6-7-14-26(25)34-23)18-20-31(21-19-29)27(32)16-15-24-10-4-3-5-11-24/h3-7,10-12,14,23H,8-9,13,15-22H2,1-2H3/t23-/m1/s1. The first kappa shape index (κ1) is 24.3. The van der Waals surface area contributed by atoms with E-state index >= 15 is 0 Å². The summed E-state index contributed by atoms with van der Waals surface area (Å²) in [6.45, 7) is 4.14. The van der Waals surface area contributed by atoms with Crippen LogP contribution in [0.4, 0.5) is 0 Å². The number of piperidine rings is 1. The first-order valence-corrected chi connectivity index (χ1v) is 12.8. The van der Waals surface area contributed by atoms with Gasteiger partial charge in [0.05, 0.1) is 0 Å². The summed E-state index contributed by atoms with van der Waals surface area (Å²) in [4.78, 5) is 29.9. The van der Waals surface area contributed by atoms with Gasteiger partial charge in [-0.15, -0.1) is 0 Å². The molecule has 2 heterocycles. The van der Waals surface area contributed by atoms with E-state index < -0.39 is 6.10 Å². The van der Waals surface area contributed by atoms with Crippen molar-refractivity contribution in [2.45, 2.75) is 64.4 Å². The lowest BCUT2D eigenvalue weighted by Crippen LogP contribution is -2.50. The Morgan fingerprint density at radius 3 is 2.47 bits per heavy atom. The van der Waals surface area contributed by atoms with E-state index in [2.05, 4.69) is 18.2 Å². The Bertz CT molecular complexity index is 966. The molecule has 2 aliphatic rings. The minimum atomic E-state index is -0.512. The Kier molecular flexibility index (Phi) is 7.91. The van der Waals surface area contributed by atoms with Crippen LogP contribution in [-0.4, -0.2) is 54.4 Å². The van der Waals surface area contributed by atoms with E-state index in [4.69, 9.17) is 4.74 Å². The van der Waals surface area contributed by atoms with Gasteiger partial charge in [-0.05, 0) is 68.1 Å². The molecule has 182 valence electrons. The van der Waals surface area contributed by atoms with E-state index in [1.807, 2.05) is 60.2 Å². The number of carbonyl (C=O) groups is 2. The molecule has 1 atom stereocenters. The van der Waals surface area contributed by atoms with Gasteiger partial charge in [0, 0.05) is 33.1 Å². The monoisotopic (exact) mass is 462 g/mol. The molecule has 1 fully saturated rings. The second kappa shape index (κ2) is 11.1. The van der Waals surface area contributed by atoms with Crippen molar-refractivity contribution in [3.8, 4) is 5.75 Å². The molecule has 2 aliphatic heterocycles. The minimum absolute atomic E-state index is 0.0242. The van der Waals surface area contributed by atoms with E-state index in [0.29, 0.717) is 6.42 Å². The van der Waals surface area contributed by atoms with Crippen LogP contribution in [0.1, 0.15) is 56.6 Å². The lowest BCUT2D eigenvalue weighted by Gasteiger charge is -2.44. The molecular formula is C29H38N2O3. The van der Waals surface area contributed by atoms with E-state index in [0.717, 1.165) is 70.3 Å². The fourth-order valence-electron chi connectivity index (χ4n) is 5.54. The van der Waals surface area contributed by atoms with Crippen molar-refractivity contribution >= 4 is 11.8 Å². The fraction of sp³-hybridized carbons (Fsp3) is 0.517. The zero-order valence-corrected chi connectivity index (χ0v) is 20.7. The van der Waals surface area contributed by atoms with Crippen LogP contribution < -0.4 is 4.74 Å². The van der Waals surface area contributed by atoms with Gasteiger partial charge in [-0.2, -0.15) is 0 Å². The Morgan fingerprint density at radius 2 is 1.71 bits per heavy atom. The molecule has 0 radical (unpaired) electrons. The largest absolute Gasteiger partial charge is 0.481 e. The van der Waals surface area contributed by atoms with Crippen molar-refractivity contribution in [2.75, 3.05) is 26.7 Å². The molecule has 2 amide bonds. The zero-order chi connectivity index (χ0) is 24.0. The van der Waals surface area contributed by atoms with Gasteiger partial charge < -0.3 is 14.5 Å². The first-order valence-electron chi connectivity index (χ1n) is 12.8. The Hall–Kier alpha value is -2.82. The number of hydrogen-bond acceptors (Lipinski definition) is 3. The maximum Gasteiger partial charge on any atom is 0.263 e. The summed E-state index contributed by atoms with van der Waals surface area (Å²) in [5, 5.41) is 0. The van der Waals surface area contributed by atoms with Crippen LogP contribution >= 0.6 is 0 Å². The zero-order valence-electron chi connectivity index (χ0n) is 20.7. The van der Waals surface area contributed by atoms with E-state index in [1.54, 1.807) is 0 Å². The third kappa shape index (κ3) is 5.99. The predicted molar refractivity (Wildman–Crippen MR) is 135 cm³/mol. The third-order valence-corrected chi connectivity index (χ3v) is 7.62. The number of rotatable bonds is 3. The quantitative estimate of drug-likeness (QED) is 0.653. The van der Waals surface area contributed by atoms with Crippen LogP contribution in [0.5, 0.6) is 5.75 Å². The summed E-state index contributed by atoms with van der Waals surface area (Å²) in [6.07, 6.45) is 7.02. The van der Waals surface area contributed by atoms with Crippen molar-refractivity contribution in [3.63, 3.8) is 0 Å². The molecule has 0 bridgehead atoms. The number of ether oxygens (including phenoxy) is 1.